The van der Waals surface area contributed by atoms with Gasteiger partial charge in [-0.15, -0.1) is 0 Å². The Labute approximate surface area is 208 Å². The van der Waals surface area contributed by atoms with E-state index >= 15 is 0 Å². The van der Waals surface area contributed by atoms with Crippen molar-refractivity contribution in [1.82, 2.24) is 4.90 Å². The zero-order valence-electron chi connectivity index (χ0n) is 20.2. The molecule has 2 aromatic carbocycles. The highest BCUT2D eigenvalue weighted by Crippen LogP contribution is 2.41. The van der Waals surface area contributed by atoms with Crippen molar-refractivity contribution >= 4 is 22.7 Å². The van der Waals surface area contributed by atoms with E-state index in [4.69, 9.17) is 18.6 Å². The summed E-state index contributed by atoms with van der Waals surface area (Å²) in [4.78, 5) is 29.7. The normalized spacial score (nSPS) is 18.8. The van der Waals surface area contributed by atoms with Gasteiger partial charge < -0.3 is 33.5 Å². The van der Waals surface area contributed by atoms with Crippen LogP contribution < -0.4 is 19.5 Å². The maximum absolute atomic E-state index is 13.7. The van der Waals surface area contributed by atoms with Gasteiger partial charge in [-0.25, -0.2) is 0 Å². The molecule has 3 heterocycles. The van der Waals surface area contributed by atoms with Crippen LogP contribution in [-0.2, 0) is 9.53 Å². The number of morpholine rings is 1. The predicted octanol–water partition coefficient (Wildman–Crippen LogP) is 0.746. The lowest BCUT2D eigenvalue weighted by atomic mass is 9.94. The number of amides is 1. The van der Waals surface area contributed by atoms with E-state index in [0.29, 0.717) is 48.9 Å². The van der Waals surface area contributed by atoms with Crippen LogP contribution in [0, 0.1) is 0 Å². The van der Waals surface area contributed by atoms with Crippen LogP contribution in [0.4, 0.5) is 0 Å². The lowest BCUT2D eigenvalue weighted by Crippen LogP contribution is -3.14. The maximum atomic E-state index is 13.7. The lowest BCUT2D eigenvalue weighted by molar-refractivity contribution is -0.907. The number of Topliss-reactive ketones (excluding diaryl/α,β-unsaturated/α-hetero) is 1. The summed E-state index contributed by atoms with van der Waals surface area (Å²) in [6.07, 6.45) is 0. The summed E-state index contributed by atoms with van der Waals surface area (Å²) in [6, 6.07) is 13.1. The van der Waals surface area contributed by atoms with Gasteiger partial charge in [0.05, 0.1) is 46.6 Å². The summed E-state index contributed by atoms with van der Waals surface area (Å²) in [6.45, 7) is 3.91. The number of quaternary nitrogens is 1. The molecule has 1 saturated heterocycles. The van der Waals surface area contributed by atoms with Gasteiger partial charge in [0, 0.05) is 11.0 Å². The van der Waals surface area contributed by atoms with E-state index in [1.165, 1.54) is 24.0 Å². The fourth-order valence-electron chi connectivity index (χ4n) is 4.89. The van der Waals surface area contributed by atoms with E-state index in [-0.39, 0.29) is 11.3 Å². The first-order valence-electron chi connectivity index (χ1n) is 11.9. The number of rotatable bonds is 8. The fourth-order valence-corrected chi connectivity index (χ4v) is 4.89. The predicted molar refractivity (Wildman–Crippen MR) is 128 cm³/mol. The Kier molecular flexibility index (Phi) is 6.67. The van der Waals surface area contributed by atoms with Crippen LogP contribution in [-0.4, -0.2) is 70.2 Å². The molecule has 0 bridgehead atoms. The first-order chi connectivity index (χ1) is 17.5. The van der Waals surface area contributed by atoms with Crippen LogP contribution in [0.25, 0.3) is 11.0 Å². The number of fused-ring (bicyclic) bond motifs is 1. The van der Waals surface area contributed by atoms with Gasteiger partial charge in [-0.1, -0.05) is 24.3 Å². The Balaban J connectivity index is 1.54. The van der Waals surface area contributed by atoms with Crippen molar-refractivity contribution in [3.8, 4) is 11.5 Å². The number of para-hydroxylation sites is 1. The van der Waals surface area contributed by atoms with E-state index in [9.17, 15) is 14.7 Å². The zero-order chi connectivity index (χ0) is 25.2. The molecular weight excluding hydrogens is 464 g/mol. The van der Waals surface area contributed by atoms with Crippen molar-refractivity contribution in [2.75, 3.05) is 53.6 Å². The van der Waals surface area contributed by atoms with Crippen molar-refractivity contribution < 1.29 is 38.2 Å². The SMILES string of the molecule is COc1ccc(C2C(C(=O)c3cc4ccccc4o3)=C([O-])C(=O)N2CC[NH+]2CCOCC2)cc1OC. The number of furan rings is 1. The lowest BCUT2D eigenvalue weighted by Gasteiger charge is -2.30. The van der Waals surface area contributed by atoms with E-state index in [2.05, 4.69) is 0 Å². The number of ketones is 1. The third kappa shape index (κ3) is 4.31. The molecule has 1 atom stereocenters. The molecule has 0 aliphatic carbocycles. The number of nitrogens with zero attached hydrogens (tertiary/aromatic N) is 1. The summed E-state index contributed by atoms with van der Waals surface area (Å²) in [7, 11) is 3.04. The molecular formula is C27H28N2O7. The van der Waals surface area contributed by atoms with Crippen molar-refractivity contribution in [3.63, 3.8) is 0 Å². The second-order valence-electron chi connectivity index (χ2n) is 8.85. The monoisotopic (exact) mass is 492 g/mol. The molecule has 1 aromatic heterocycles. The molecule has 9 nitrogen and oxygen atoms in total. The van der Waals surface area contributed by atoms with Gasteiger partial charge in [-0.3, -0.25) is 9.59 Å². The van der Waals surface area contributed by atoms with Crippen molar-refractivity contribution in [1.29, 1.82) is 0 Å². The number of ether oxygens (including phenoxy) is 3. The third-order valence-corrected chi connectivity index (χ3v) is 6.81. The van der Waals surface area contributed by atoms with Gasteiger partial charge in [-0.05, 0) is 35.6 Å². The number of carbonyl (C=O) groups is 2. The summed E-state index contributed by atoms with van der Waals surface area (Å²) < 4.78 is 22.0. The highest BCUT2D eigenvalue weighted by atomic mass is 16.5. The smallest absolute Gasteiger partial charge is 0.240 e. The van der Waals surface area contributed by atoms with Crippen LogP contribution in [0.2, 0.25) is 0 Å². The standard InChI is InChI=1S/C27H28N2O7/c1-33-20-8-7-18(16-21(20)34-2)24-23(25(30)22-15-17-5-3-4-6-19(17)36-22)26(31)27(32)29(24)10-9-28-11-13-35-14-12-28/h3-8,15-16,24,31H,9-14H2,1-2H3. The third-order valence-electron chi connectivity index (χ3n) is 6.81. The Morgan fingerprint density at radius 1 is 1.08 bits per heavy atom. The Bertz CT molecular complexity index is 1290. The van der Waals surface area contributed by atoms with Gasteiger partial charge in [0.25, 0.3) is 0 Å². The number of hydrogen-bond donors (Lipinski definition) is 1. The Hall–Kier alpha value is -3.82. The first-order valence-corrected chi connectivity index (χ1v) is 11.9. The van der Waals surface area contributed by atoms with Gasteiger partial charge in [0.15, 0.2) is 17.3 Å². The molecule has 5 rings (SSSR count). The highest BCUT2D eigenvalue weighted by Gasteiger charge is 2.41. The quantitative estimate of drug-likeness (QED) is 0.463. The van der Waals surface area contributed by atoms with Crippen molar-refractivity contribution in [3.05, 3.63) is 71.2 Å². The van der Waals surface area contributed by atoms with Gasteiger partial charge in [0.1, 0.15) is 18.7 Å². The average Bonchev–Trinajstić information content (AvgIpc) is 3.46. The number of methoxy groups -OCH3 is 2. The minimum Gasteiger partial charge on any atom is -0.868 e. The summed E-state index contributed by atoms with van der Waals surface area (Å²) in [5, 5.41) is 14.0. The molecule has 3 aromatic rings. The molecule has 36 heavy (non-hydrogen) atoms. The van der Waals surface area contributed by atoms with E-state index in [1.807, 2.05) is 12.1 Å². The maximum Gasteiger partial charge on any atom is 0.240 e. The minimum absolute atomic E-state index is 0.0264. The summed E-state index contributed by atoms with van der Waals surface area (Å²) in [5.41, 5.74) is 1.00. The van der Waals surface area contributed by atoms with Crippen LogP contribution >= 0.6 is 0 Å². The topological polar surface area (TPSA) is 106 Å². The molecule has 0 saturated carbocycles. The van der Waals surface area contributed by atoms with Crippen molar-refractivity contribution in [2.24, 2.45) is 0 Å². The Morgan fingerprint density at radius 3 is 2.56 bits per heavy atom. The zero-order valence-corrected chi connectivity index (χ0v) is 20.2. The molecule has 9 heteroatoms. The van der Waals surface area contributed by atoms with Crippen LogP contribution in [0.5, 0.6) is 11.5 Å². The summed E-state index contributed by atoms with van der Waals surface area (Å²) in [5.74, 6) is -1.12. The molecule has 1 amide bonds. The number of carbonyl (C=O) groups excluding carboxylic acids is 2. The largest absolute Gasteiger partial charge is 0.868 e. The summed E-state index contributed by atoms with van der Waals surface area (Å²) >= 11 is 0. The highest BCUT2D eigenvalue weighted by molar-refractivity contribution is 6.15. The van der Waals surface area contributed by atoms with Crippen LogP contribution in [0.15, 0.2) is 64.3 Å². The number of benzene rings is 2. The van der Waals surface area contributed by atoms with E-state index in [1.54, 1.807) is 36.4 Å². The van der Waals surface area contributed by atoms with Gasteiger partial charge in [-0.2, -0.15) is 0 Å². The molecule has 1 unspecified atom stereocenters. The second kappa shape index (κ2) is 10.0. The fraction of sp³-hybridized carbons (Fsp3) is 0.333. The molecule has 2 aliphatic heterocycles. The molecule has 1 fully saturated rings. The molecule has 0 spiro atoms. The average molecular weight is 493 g/mol. The molecule has 0 radical (unpaired) electrons. The molecule has 2 aliphatic rings. The first kappa shape index (κ1) is 23.9. The van der Waals surface area contributed by atoms with Crippen LogP contribution in [0.1, 0.15) is 22.2 Å². The number of nitrogens with one attached hydrogen (secondary N) is 1. The number of hydrogen-bond acceptors (Lipinski definition) is 7. The van der Waals surface area contributed by atoms with Gasteiger partial charge >= 0.3 is 0 Å². The minimum atomic E-state index is -0.869. The van der Waals surface area contributed by atoms with Crippen LogP contribution in [0.3, 0.4) is 0 Å². The second-order valence-corrected chi connectivity index (χ2v) is 8.85. The van der Waals surface area contributed by atoms with E-state index in [0.717, 1.165) is 18.5 Å². The molecule has 188 valence electrons. The Morgan fingerprint density at radius 2 is 1.83 bits per heavy atom. The molecule has 1 N–H and O–H groups in total. The van der Waals surface area contributed by atoms with E-state index < -0.39 is 23.5 Å². The van der Waals surface area contributed by atoms with Crippen molar-refractivity contribution in [2.45, 2.75) is 6.04 Å². The van der Waals surface area contributed by atoms with Gasteiger partial charge in [0.2, 0.25) is 11.7 Å².